The monoisotopic (exact) mass is 339 g/mol. The van der Waals surface area contributed by atoms with Crippen LogP contribution in [0.5, 0.6) is 5.75 Å². The first kappa shape index (κ1) is 14.0. The van der Waals surface area contributed by atoms with Crippen LogP contribution in [0.1, 0.15) is 16.1 Å². The summed E-state index contributed by atoms with van der Waals surface area (Å²) in [6, 6.07) is 10.5. The van der Waals surface area contributed by atoms with E-state index in [1.165, 1.54) is 0 Å². The third kappa shape index (κ3) is 3.55. The Kier molecular flexibility index (Phi) is 4.56. The number of benzene rings is 1. The fourth-order valence-corrected chi connectivity index (χ4v) is 2.38. The lowest BCUT2D eigenvalue weighted by atomic mass is 10.1. The molecule has 19 heavy (non-hydrogen) atoms. The third-order valence-corrected chi connectivity index (χ3v) is 3.42. The topological polar surface area (TPSA) is 39.2 Å². The van der Waals surface area contributed by atoms with Gasteiger partial charge in [0.2, 0.25) is 0 Å². The van der Waals surface area contributed by atoms with Gasteiger partial charge in [0.25, 0.3) is 0 Å². The lowest BCUT2D eigenvalue weighted by molar-refractivity contribution is 0.0992. The molecule has 0 fully saturated rings. The second-order valence-corrected chi connectivity index (χ2v) is 5.14. The Morgan fingerprint density at radius 2 is 2.16 bits per heavy atom. The van der Waals surface area contributed by atoms with Crippen molar-refractivity contribution in [1.82, 2.24) is 4.98 Å². The summed E-state index contributed by atoms with van der Waals surface area (Å²) in [5, 5.41) is 0.390. The number of aromatic nitrogens is 1. The van der Waals surface area contributed by atoms with Crippen molar-refractivity contribution in [2.75, 3.05) is 7.11 Å². The van der Waals surface area contributed by atoms with E-state index < -0.39 is 0 Å². The molecule has 98 valence electrons. The summed E-state index contributed by atoms with van der Waals surface area (Å²) in [6.45, 7) is 0. The molecule has 5 heteroatoms. The van der Waals surface area contributed by atoms with E-state index in [-0.39, 0.29) is 12.2 Å². The van der Waals surface area contributed by atoms with Gasteiger partial charge in [-0.1, -0.05) is 17.7 Å². The third-order valence-electron chi connectivity index (χ3n) is 2.59. The fraction of sp³-hybridized carbons (Fsp3) is 0.143. The molecular formula is C14H11BrClNO2. The fourth-order valence-electron chi connectivity index (χ4n) is 1.66. The Balaban J connectivity index is 2.18. The van der Waals surface area contributed by atoms with E-state index in [0.717, 1.165) is 4.47 Å². The van der Waals surface area contributed by atoms with Crippen LogP contribution in [0.3, 0.4) is 0 Å². The van der Waals surface area contributed by atoms with Gasteiger partial charge in [-0.05, 0) is 46.3 Å². The minimum Gasteiger partial charge on any atom is -0.496 e. The SMILES string of the molecule is COc1ccc(C(=O)Cc2cccc(Cl)n2)cc1Br. The van der Waals surface area contributed by atoms with Crippen molar-refractivity contribution >= 4 is 33.3 Å². The first-order valence-electron chi connectivity index (χ1n) is 5.58. The summed E-state index contributed by atoms with van der Waals surface area (Å²) in [5.41, 5.74) is 1.26. The van der Waals surface area contributed by atoms with Crippen LogP contribution in [0.4, 0.5) is 0 Å². The summed E-state index contributed by atoms with van der Waals surface area (Å²) in [5.74, 6) is 0.676. The zero-order valence-electron chi connectivity index (χ0n) is 10.2. The molecule has 0 radical (unpaired) electrons. The lowest BCUT2D eigenvalue weighted by Gasteiger charge is -2.06. The maximum absolute atomic E-state index is 12.1. The number of Topliss-reactive ketones (excluding diaryl/α,β-unsaturated/α-hetero) is 1. The Morgan fingerprint density at radius 1 is 1.37 bits per heavy atom. The molecule has 0 unspecified atom stereocenters. The first-order valence-corrected chi connectivity index (χ1v) is 6.75. The molecule has 1 aromatic heterocycles. The van der Waals surface area contributed by atoms with Gasteiger partial charge in [0.05, 0.1) is 18.0 Å². The zero-order valence-corrected chi connectivity index (χ0v) is 12.5. The van der Waals surface area contributed by atoms with Gasteiger partial charge in [-0.25, -0.2) is 4.98 Å². The van der Waals surface area contributed by atoms with E-state index in [0.29, 0.717) is 22.2 Å². The van der Waals surface area contributed by atoms with Crippen LogP contribution in [-0.2, 0) is 6.42 Å². The maximum Gasteiger partial charge on any atom is 0.168 e. The Morgan fingerprint density at radius 3 is 2.79 bits per heavy atom. The molecule has 1 aromatic carbocycles. The van der Waals surface area contributed by atoms with Crippen molar-refractivity contribution in [2.24, 2.45) is 0 Å². The highest BCUT2D eigenvalue weighted by atomic mass is 79.9. The molecule has 2 aromatic rings. The van der Waals surface area contributed by atoms with Crippen molar-refractivity contribution in [3.8, 4) is 5.75 Å². The standard InChI is InChI=1S/C14H11BrClNO2/c1-19-13-6-5-9(7-11(13)15)12(18)8-10-3-2-4-14(16)17-10/h2-7H,8H2,1H3. The average molecular weight is 341 g/mol. The normalized spacial score (nSPS) is 10.3. The summed E-state index contributed by atoms with van der Waals surface area (Å²) in [6.07, 6.45) is 0.222. The molecular weight excluding hydrogens is 330 g/mol. The van der Waals surface area contributed by atoms with Gasteiger partial charge in [0.1, 0.15) is 10.9 Å². The number of pyridine rings is 1. The number of ketones is 1. The first-order chi connectivity index (χ1) is 9.10. The predicted octanol–water partition coefficient (Wildman–Crippen LogP) is 3.93. The van der Waals surface area contributed by atoms with Crippen LogP contribution in [0.25, 0.3) is 0 Å². The molecule has 0 bridgehead atoms. The van der Waals surface area contributed by atoms with Crippen LogP contribution in [0.2, 0.25) is 5.15 Å². The summed E-state index contributed by atoms with van der Waals surface area (Å²) < 4.78 is 5.88. The molecule has 0 saturated carbocycles. The van der Waals surface area contributed by atoms with Crippen LogP contribution in [0, 0.1) is 0 Å². The average Bonchev–Trinajstić information content (AvgIpc) is 2.38. The molecule has 0 saturated heterocycles. The van der Waals surface area contributed by atoms with Crippen LogP contribution in [-0.4, -0.2) is 17.9 Å². The zero-order chi connectivity index (χ0) is 13.8. The van der Waals surface area contributed by atoms with E-state index in [9.17, 15) is 4.79 Å². The molecule has 0 atom stereocenters. The molecule has 0 spiro atoms. The van der Waals surface area contributed by atoms with E-state index in [1.54, 1.807) is 43.5 Å². The van der Waals surface area contributed by atoms with Gasteiger partial charge < -0.3 is 4.74 Å². The number of halogens is 2. The number of hydrogen-bond acceptors (Lipinski definition) is 3. The van der Waals surface area contributed by atoms with Crippen molar-refractivity contribution in [2.45, 2.75) is 6.42 Å². The number of carbonyl (C=O) groups is 1. The molecule has 0 aliphatic heterocycles. The number of carbonyl (C=O) groups excluding carboxylic acids is 1. The maximum atomic E-state index is 12.1. The molecule has 0 aliphatic carbocycles. The van der Waals surface area contributed by atoms with Gasteiger partial charge in [-0.3, -0.25) is 4.79 Å². The van der Waals surface area contributed by atoms with E-state index in [2.05, 4.69) is 20.9 Å². The summed E-state index contributed by atoms with van der Waals surface area (Å²) >= 11 is 9.15. The molecule has 0 N–H and O–H groups in total. The van der Waals surface area contributed by atoms with Gasteiger partial charge >= 0.3 is 0 Å². The van der Waals surface area contributed by atoms with Gasteiger partial charge in [-0.15, -0.1) is 0 Å². The van der Waals surface area contributed by atoms with Crippen molar-refractivity contribution in [3.63, 3.8) is 0 Å². The number of hydrogen-bond donors (Lipinski definition) is 0. The van der Waals surface area contributed by atoms with Gasteiger partial charge in [0.15, 0.2) is 5.78 Å². The minimum absolute atomic E-state index is 0.0156. The summed E-state index contributed by atoms with van der Waals surface area (Å²) in [4.78, 5) is 16.2. The van der Waals surface area contributed by atoms with E-state index >= 15 is 0 Å². The molecule has 3 nitrogen and oxygen atoms in total. The number of nitrogens with zero attached hydrogens (tertiary/aromatic N) is 1. The Labute approximate surface area is 124 Å². The highest BCUT2D eigenvalue weighted by Gasteiger charge is 2.10. The minimum atomic E-state index is -0.0156. The molecule has 0 amide bonds. The van der Waals surface area contributed by atoms with Crippen molar-refractivity contribution in [3.05, 3.63) is 57.3 Å². The van der Waals surface area contributed by atoms with E-state index in [1.807, 2.05) is 0 Å². The van der Waals surface area contributed by atoms with Crippen LogP contribution < -0.4 is 4.74 Å². The van der Waals surface area contributed by atoms with Crippen LogP contribution >= 0.6 is 27.5 Å². The van der Waals surface area contributed by atoms with Crippen molar-refractivity contribution in [1.29, 1.82) is 0 Å². The van der Waals surface area contributed by atoms with E-state index in [4.69, 9.17) is 16.3 Å². The molecule has 1 heterocycles. The highest BCUT2D eigenvalue weighted by molar-refractivity contribution is 9.10. The predicted molar refractivity (Wildman–Crippen MR) is 78.0 cm³/mol. The number of rotatable bonds is 4. The quantitative estimate of drug-likeness (QED) is 0.625. The Bertz CT molecular complexity index is 616. The summed E-state index contributed by atoms with van der Waals surface area (Å²) in [7, 11) is 1.58. The van der Waals surface area contributed by atoms with Gasteiger partial charge in [0, 0.05) is 11.3 Å². The lowest BCUT2D eigenvalue weighted by Crippen LogP contribution is -2.05. The van der Waals surface area contributed by atoms with Crippen molar-refractivity contribution < 1.29 is 9.53 Å². The smallest absolute Gasteiger partial charge is 0.168 e. The number of ether oxygens (including phenoxy) is 1. The number of methoxy groups -OCH3 is 1. The Hall–Kier alpha value is -1.39. The molecule has 2 rings (SSSR count). The molecule has 0 aliphatic rings. The highest BCUT2D eigenvalue weighted by Crippen LogP contribution is 2.26. The van der Waals surface area contributed by atoms with Crippen LogP contribution in [0.15, 0.2) is 40.9 Å². The second-order valence-electron chi connectivity index (χ2n) is 3.90. The largest absolute Gasteiger partial charge is 0.496 e. The van der Waals surface area contributed by atoms with Gasteiger partial charge in [-0.2, -0.15) is 0 Å². The second kappa shape index (κ2) is 6.17.